The Balaban J connectivity index is 2.03. The van der Waals surface area contributed by atoms with Gasteiger partial charge in [-0.05, 0) is 37.9 Å². The van der Waals surface area contributed by atoms with Gasteiger partial charge in [0.1, 0.15) is 0 Å². The molecule has 2 fully saturated rings. The minimum Gasteiger partial charge on any atom is -0.413 e. The Morgan fingerprint density at radius 1 is 1.37 bits per heavy atom. The van der Waals surface area contributed by atoms with Crippen molar-refractivity contribution in [2.45, 2.75) is 95.9 Å². The van der Waals surface area contributed by atoms with Crippen molar-refractivity contribution in [1.82, 2.24) is 5.32 Å². The Morgan fingerprint density at radius 2 is 2.04 bits per heavy atom. The summed E-state index contributed by atoms with van der Waals surface area (Å²) in [7, 11) is -1.97. The van der Waals surface area contributed by atoms with Crippen molar-refractivity contribution in [3.63, 3.8) is 0 Å². The first-order valence-corrected chi connectivity index (χ1v) is 13.0. The zero-order valence-corrected chi connectivity index (χ0v) is 18.6. The molecule has 1 amide bonds. The van der Waals surface area contributed by atoms with Gasteiger partial charge in [0.2, 0.25) is 5.91 Å². The molecule has 7 heteroatoms. The SMILES string of the molecule is C[C@@H](O[Si](C)(C)C(C)(C)C)[C@H]1C(=O)NC1[C@H]1CCC[C@H](OCCC#N)[C@H]1O. The monoisotopic (exact) mass is 396 g/mol. The van der Waals surface area contributed by atoms with Crippen molar-refractivity contribution in [3.8, 4) is 6.07 Å². The highest BCUT2D eigenvalue weighted by atomic mass is 28.4. The van der Waals surface area contributed by atoms with Gasteiger partial charge >= 0.3 is 0 Å². The Hall–Kier alpha value is -0.943. The fraction of sp³-hybridized carbons (Fsp3) is 0.900. The van der Waals surface area contributed by atoms with E-state index in [0.717, 1.165) is 19.3 Å². The van der Waals surface area contributed by atoms with E-state index in [1.807, 2.05) is 6.92 Å². The van der Waals surface area contributed by atoms with Crippen LogP contribution < -0.4 is 5.32 Å². The number of carbonyl (C=O) groups excluding carboxylic acids is 1. The van der Waals surface area contributed by atoms with Gasteiger partial charge in [0, 0.05) is 12.0 Å². The average molecular weight is 397 g/mol. The first kappa shape index (κ1) is 22.3. The van der Waals surface area contributed by atoms with Gasteiger partial charge in [0.15, 0.2) is 8.32 Å². The number of rotatable bonds is 7. The normalized spacial score (nSPS) is 33.0. The summed E-state index contributed by atoms with van der Waals surface area (Å²) in [4.78, 5) is 12.3. The second-order valence-electron chi connectivity index (χ2n) is 9.55. The van der Waals surface area contributed by atoms with Crippen LogP contribution in [0, 0.1) is 23.2 Å². The molecule has 1 saturated carbocycles. The molecular formula is C20H36N2O4Si. The summed E-state index contributed by atoms with van der Waals surface area (Å²) >= 11 is 0. The van der Waals surface area contributed by atoms with Crippen LogP contribution in [-0.4, -0.2) is 50.3 Å². The lowest BCUT2D eigenvalue weighted by Crippen LogP contribution is -2.68. The molecule has 1 aliphatic heterocycles. The van der Waals surface area contributed by atoms with Crippen LogP contribution in [0.3, 0.4) is 0 Å². The molecule has 2 rings (SSSR count). The summed E-state index contributed by atoms with van der Waals surface area (Å²) in [6.45, 7) is 13.3. The second kappa shape index (κ2) is 8.60. The summed E-state index contributed by atoms with van der Waals surface area (Å²) in [5.41, 5.74) is 0. The number of ether oxygens (including phenoxy) is 1. The highest BCUT2D eigenvalue weighted by molar-refractivity contribution is 6.74. The quantitative estimate of drug-likeness (QED) is 0.392. The highest BCUT2D eigenvalue weighted by Crippen LogP contribution is 2.41. The maximum atomic E-state index is 12.3. The topological polar surface area (TPSA) is 91.6 Å². The van der Waals surface area contributed by atoms with Gasteiger partial charge in [-0.25, -0.2) is 0 Å². The van der Waals surface area contributed by atoms with Crippen LogP contribution in [0.4, 0.5) is 0 Å². The van der Waals surface area contributed by atoms with E-state index in [1.165, 1.54) is 0 Å². The average Bonchev–Trinajstić information content (AvgIpc) is 2.53. The van der Waals surface area contributed by atoms with Crippen molar-refractivity contribution in [2.24, 2.45) is 11.8 Å². The van der Waals surface area contributed by atoms with Gasteiger partial charge in [0.05, 0.1) is 43.3 Å². The van der Waals surface area contributed by atoms with Crippen LogP contribution in [0.25, 0.3) is 0 Å². The fourth-order valence-electron chi connectivity index (χ4n) is 4.01. The zero-order chi connectivity index (χ0) is 20.4. The Bertz CT molecular complexity index is 569. The Labute approximate surface area is 164 Å². The van der Waals surface area contributed by atoms with E-state index in [2.05, 4.69) is 45.3 Å². The molecule has 1 heterocycles. The number of nitrogens with zero attached hydrogens (tertiary/aromatic N) is 1. The number of hydrogen-bond donors (Lipinski definition) is 2. The molecule has 6 atom stereocenters. The van der Waals surface area contributed by atoms with Gasteiger partial charge < -0.3 is 19.6 Å². The van der Waals surface area contributed by atoms with Crippen LogP contribution in [0.2, 0.25) is 18.1 Å². The number of β-lactam (4-membered cyclic amide) rings is 1. The van der Waals surface area contributed by atoms with E-state index in [-0.39, 0.29) is 41.0 Å². The van der Waals surface area contributed by atoms with Crippen LogP contribution in [0.1, 0.15) is 53.4 Å². The van der Waals surface area contributed by atoms with Crippen LogP contribution in [0.15, 0.2) is 0 Å². The highest BCUT2D eigenvalue weighted by Gasteiger charge is 2.52. The lowest BCUT2D eigenvalue weighted by atomic mass is 9.70. The number of hydrogen-bond acceptors (Lipinski definition) is 5. The Kier molecular flexibility index (Phi) is 7.12. The minimum absolute atomic E-state index is 0.0194. The van der Waals surface area contributed by atoms with Gasteiger partial charge in [-0.3, -0.25) is 4.79 Å². The molecule has 0 aromatic carbocycles. The maximum Gasteiger partial charge on any atom is 0.228 e. The number of nitriles is 1. The number of nitrogens with one attached hydrogen (secondary N) is 1. The third kappa shape index (κ3) is 4.92. The molecule has 0 bridgehead atoms. The van der Waals surface area contributed by atoms with E-state index in [4.69, 9.17) is 14.4 Å². The lowest BCUT2D eigenvalue weighted by molar-refractivity contribution is -0.151. The summed E-state index contributed by atoms with van der Waals surface area (Å²) in [6.07, 6.45) is 1.90. The molecular weight excluding hydrogens is 360 g/mol. The molecule has 1 unspecified atom stereocenters. The van der Waals surface area contributed by atoms with E-state index in [1.54, 1.807) is 0 Å². The van der Waals surface area contributed by atoms with Crippen molar-refractivity contribution in [2.75, 3.05) is 6.61 Å². The fourth-order valence-corrected chi connectivity index (χ4v) is 5.44. The molecule has 1 saturated heterocycles. The molecule has 2 aliphatic rings. The third-order valence-corrected chi connectivity index (χ3v) is 11.2. The molecule has 27 heavy (non-hydrogen) atoms. The van der Waals surface area contributed by atoms with Gasteiger partial charge in [0.25, 0.3) is 0 Å². The number of amides is 1. The smallest absolute Gasteiger partial charge is 0.228 e. The third-order valence-electron chi connectivity index (χ3n) is 6.64. The largest absolute Gasteiger partial charge is 0.413 e. The lowest BCUT2D eigenvalue weighted by Gasteiger charge is -2.50. The van der Waals surface area contributed by atoms with Crippen molar-refractivity contribution >= 4 is 14.2 Å². The molecule has 154 valence electrons. The van der Waals surface area contributed by atoms with Gasteiger partial charge in [-0.15, -0.1) is 0 Å². The Morgan fingerprint density at radius 3 is 2.59 bits per heavy atom. The van der Waals surface area contributed by atoms with Crippen LogP contribution in [-0.2, 0) is 14.0 Å². The van der Waals surface area contributed by atoms with E-state index in [0.29, 0.717) is 13.0 Å². The molecule has 0 aromatic rings. The van der Waals surface area contributed by atoms with E-state index in [9.17, 15) is 9.90 Å². The van der Waals surface area contributed by atoms with Gasteiger partial charge in [-0.1, -0.05) is 27.2 Å². The first-order chi connectivity index (χ1) is 12.5. The van der Waals surface area contributed by atoms with Crippen LogP contribution >= 0.6 is 0 Å². The minimum atomic E-state index is -1.97. The molecule has 0 radical (unpaired) electrons. The second-order valence-corrected chi connectivity index (χ2v) is 14.3. The number of aliphatic hydroxyl groups is 1. The standard InChI is InChI=1S/C20H36N2O4Si/c1-13(26-27(5,6)20(2,3)4)16-17(22-19(16)24)14-9-7-10-15(18(14)23)25-12-8-11-21/h13-18,23H,7-10,12H2,1-6H3,(H,22,24)/t13-,14-,15+,16-,17?,18+/m1/s1. The van der Waals surface area contributed by atoms with Gasteiger partial charge in [-0.2, -0.15) is 5.26 Å². The van der Waals surface area contributed by atoms with E-state index < -0.39 is 14.4 Å². The summed E-state index contributed by atoms with van der Waals surface area (Å²) in [5, 5.41) is 22.6. The number of carbonyl (C=O) groups is 1. The van der Waals surface area contributed by atoms with Crippen molar-refractivity contribution < 1.29 is 19.1 Å². The maximum absolute atomic E-state index is 12.3. The molecule has 6 nitrogen and oxygen atoms in total. The van der Waals surface area contributed by atoms with Crippen LogP contribution in [0.5, 0.6) is 0 Å². The van der Waals surface area contributed by atoms with E-state index >= 15 is 0 Å². The van der Waals surface area contributed by atoms with Crippen molar-refractivity contribution in [1.29, 1.82) is 5.26 Å². The summed E-state index contributed by atoms with van der Waals surface area (Å²) in [6, 6.07) is 1.99. The predicted molar refractivity (Wildman–Crippen MR) is 106 cm³/mol. The summed E-state index contributed by atoms with van der Waals surface area (Å²) in [5.74, 6) is -0.235. The van der Waals surface area contributed by atoms with Crippen molar-refractivity contribution in [3.05, 3.63) is 0 Å². The first-order valence-electron chi connectivity index (χ1n) is 10.1. The molecule has 1 aliphatic carbocycles. The molecule has 0 spiro atoms. The predicted octanol–water partition coefficient (Wildman–Crippen LogP) is 2.97. The molecule has 2 N–H and O–H groups in total. The summed E-state index contributed by atoms with van der Waals surface area (Å²) < 4.78 is 12.2. The zero-order valence-electron chi connectivity index (χ0n) is 17.6. The number of aliphatic hydroxyl groups excluding tert-OH is 1. The molecule has 0 aromatic heterocycles.